The van der Waals surface area contributed by atoms with Gasteiger partial charge in [0, 0.05) is 31.7 Å². The summed E-state index contributed by atoms with van der Waals surface area (Å²) >= 11 is 0. The van der Waals surface area contributed by atoms with E-state index in [0.29, 0.717) is 56.8 Å². The minimum absolute atomic E-state index is 0.189. The van der Waals surface area contributed by atoms with E-state index in [9.17, 15) is 13.2 Å². The zero-order valence-electron chi connectivity index (χ0n) is 13.9. The number of carbonyl (C=O) groups is 1. The van der Waals surface area contributed by atoms with Crippen LogP contribution in [0.2, 0.25) is 0 Å². The molecule has 0 saturated carbocycles. The van der Waals surface area contributed by atoms with E-state index in [0.717, 1.165) is 0 Å². The van der Waals surface area contributed by atoms with Gasteiger partial charge < -0.3 is 9.64 Å². The highest BCUT2D eigenvalue weighted by Gasteiger charge is 2.37. The molecule has 25 heavy (non-hydrogen) atoms. The van der Waals surface area contributed by atoms with Crippen molar-refractivity contribution in [2.45, 2.75) is 18.1 Å². The lowest BCUT2D eigenvalue weighted by Crippen LogP contribution is -2.51. The summed E-state index contributed by atoms with van der Waals surface area (Å²) in [6.45, 7) is 2.34. The Hall–Kier alpha value is -1.95. The summed E-state index contributed by atoms with van der Waals surface area (Å²) in [4.78, 5) is 14.3. The third-order valence-electron chi connectivity index (χ3n) is 4.68. The molecule has 2 heterocycles. The van der Waals surface area contributed by atoms with E-state index < -0.39 is 15.3 Å². The number of piperidine rings is 1. The van der Waals surface area contributed by atoms with Gasteiger partial charge in [-0.05, 0) is 37.1 Å². The summed E-state index contributed by atoms with van der Waals surface area (Å²) in [5.74, 6) is -0.189. The van der Waals surface area contributed by atoms with Crippen molar-refractivity contribution >= 4 is 15.9 Å². The van der Waals surface area contributed by atoms with Crippen LogP contribution in [0, 0.1) is 11.3 Å². The molecule has 0 aromatic heterocycles. The van der Waals surface area contributed by atoms with Crippen molar-refractivity contribution in [1.29, 1.82) is 5.26 Å². The zero-order valence-corrected chi connectivity index (χ0v) is 14.7. The average molecular weight is 363 g/mol. The molecule has 2 aliphatic rings. The maximum atomic E-state index is 12.8. The first-order chi connectivity index (χ1) is 12.0. The Kier molecular flexibility index (Phi) is 5.37. The van der Waals surface area contributed by atoms with Crippen LogP contribution in [0.4, 0.5) is 0 Å². The highest BCUT2D eigenvalue weighted by atomic mass is 32.2. The van der Waals surface area contributed by atoms with Gasteiger partial charge in [-0.2, -0.15) is 9.57 Å². The van der Waals surface area contributed by atoms with Crippen LogP contribution in [0.15, 0.2) is 24.3 Å². The molecule has 2 saturated heterocycles. The van der Waals surface area contributed by atoms with Crippen molar-refractivity contribution in [1.82, 2.24) is 9.21 Å². The van der Waals surface area contributed by atoms with E-state index in [1.165, 1.54) is 4.31 Å². The normalized spacial score (nSPS) is 22.4. The van der Waals surface area contributed by atoms with Crippen LogP contribution in [0.5, 0.6) is 0 Å². The lowest BCUT2D eigenvalue weighted by molar-refractivity contribution is 0.0686. The Morgan fingerprint density at radius 2 is 1.84 bits per heavy atom. The van der Waals surface area contributed by atoms with Gasteiger partial charge in [-0.1, -0.05) is 0 Å². The summed E-state index contributed by atoms with van der Waals surface area (Å²) < 4.78 is 32.4. The predicted octanol–water partition coefficient (Wildman–Crippen LogP) is 0.825. The molecule has 1 aromatic carbocycles. The largest absolute Gasteiger partial charge is 0.379 e. The second-order valence-electron chi connectivity index (χ2n) is 6.26. The van der Waals surface area contributed by atoms with Gasteiger partial charge in [0.05, 0.1) is 30.1 Å². The maximum absolute atomic E-state index is 12.8. The van der Waals surface area contributed by atoms with Gasteiger partial charge in [0.15, 0.2) is 0 Å². The molecule has 2 aliphatic heterocycles. The fourth-order valence-electron chi connectivity index (χ4n) is 3.25. The van der Waals surface area contributed by atoms with Gasteiger partial charge in [0.2, 0.25) is 10.0 Å². The van der Waals surface area contributed by atoms with Gasteiger partial charge >= 0.3 is 0 Å². The highest BCUT2D eigenvalue weighted by Crippen LogP contribution is 2.22. The number of likely N-dealkylation sites (tertiary alicyclic amines) is 1. The van der Waals surface area contributed by atoms with Gasteiger partial charge in [0.1, 0.15) is 0 Å². The number of rotatable bonds is 3. The standard InChI is InChI=1S/C17H21N3O4S/c18-12-14-3-5-15(6-4-14)17(21)19-7-1-2-16(13-19)25(22,23)20-8-10-24-11-9-20/h3-6,16H,1-2,7-11,13H2/t16-/m1/s1. The van der Waals surface area contributed by atoms with Crippen LogP contribution < -0.4 is 0 Å². The summed E-state index contributed by atoms with van der Waals surface area (Å²) in [7, 11) is -3.43. The lowest BCUT2D eigenvalue weighted by atomic mass is 10.1. The smallest absolute Gasteiger partial charge is 0.253 e. The number of carbonyl (C=O) groups excluding carboxylic acids is 1. The van der Waals surface area contributed by atoms with Crippen LogP contribution in [0.1, 0.15) is 28.8 Å². The number of ether oxygens (including phenoxy) is 1. The second kappa shape index (κ2) is 7.52. The van der Waals surface area contributed by atoms with Crippen molar-refractivity contribution in [2.75, 3.05) is 39.4 Å². The number of nitriles is 1. The number of benzene rings is 1. The van der Waals surface area contributed by atoms with Gasteiger partial charge in [-0.25, -0.2) is 8.42 Å². The Morgan fingerprint density at radius 1 is 1.16 bits per heavy atom. The first-order valence-corrected chi connectivity index (χ1v) is 9.89. The second-order valence-corrected chi connectivity index (χ2v) is 8.47. The van der Waals surface area contributed by atoms with Gasteiger partial charge in [-0.15, -0.1) is 0 Å². The van der Waals surface area contributed by atoms with Crippen LogP contribution in [0.25, 0.3) is 0 Å². The Morgan fingerprint density at radius 3 is 2.48 bits per heavy atom. The molecule has 0 radical (unpaired) electrons. The van der Waals surface area contributed by atoms with Crippen molar-refractivity contribution in [2.24, 2.45) is 0 Å². The molecule has 3 rings (SSSR count). The fourth-order valence-corrected chi connectivity index (χ4v) is 5.16. The first-order valence-electron chi connectivity index (χ1n) is 8.38. The van der Waals surface area contributed by atoms with Crippen LogP contribution in [-0.4, -0.2) is 68.2 Å². The van der Waals surface area contributed by atoms with Gasteiger partial charge in [-0.3, -0.25) is 4.79 Å². The Bertz CT molecular complexity index is 764. The summed E-state index contributed by atoms with van der Waals surface area (Å²) in [6.07, 6.45) is 1.23. The molecule has 134 valence electrons. The van der Waals surface area contributed by atoms with Crippen molar-refractivity contribution in [3.63, 3.8) is 0 Å². The molecule has 0 unspecified atom stereocenters. The number of hydrogen-bond donors (Lipinski definition) is 0. The number of nitrogens with zero attached hydrogens (tertiary/aromatic N) is 3. The predicted molar refractivity (Wildman–Crippen MR) is 91.4 cm³/mol. The molecule has 1 amide bonds. The number of sulfonamides is 1. The zero-order chi connectivity index (χ0) is 17.9. The topological polar surface area (TPSA) is 90.7 Å². The molecular weight excluding hydrogens is 342 g/mol. The Labute approximate surface area is 147 Å². The molecule has 1 atom stereocenters. The third-order valence-corrected chi connectivity index (χ3v) is 6.99. The fraction of sp³-hybridized carbons (Fsp3) is 0.529. The molecular formula is C17H21N3O4S. The monoisotopic (exact) mass is 363 g/mol. The number of morpholine rings is 1. The van der Waals surface area contributed by atoms with Gasteiger partial charge in [0.25, 0.3) is 5.91 Å². The molecule has 2 fully saturated rings. The van der Waals surface area contributed by atoms with E-state index in [1.807, 2.05) is 6.07 Å². The van der Waals surface area contributed by atoms with E-state index in [-0.39, 0.29) is 12.5 Å². The van der Waals surface area contributed by atoms with Crippen LogP contribution >= 0.6 is 0 Å². The SMILES string of the molecule is N#Cc1ccc(C(=O)N2CCC[C@@H](S(=O)(=O)N3CCOCC3)C2)cc1. The first kappa shape index (κ1) is 17.9. The van der Waals surface area contributed by atoms with E-state index >= 15 is 0 Å². The summed E-state index contributed by atoms with van der Waals surface area (Å²) in [5.41, 5.74) is 0.964. The summed E-state index contributed by atoms with van der Waals surface area (Å²) in [5, 5.41) is 8.27. The van der Waals surface area contributed by atoms with Crippen molar-refractivity contribution < 1.29 is 17.9 Å². The quantitative estimate of drug-likeness (QED) is 0.793. The molecule has 0 N–H and O–H groups in total. The number of hydrogen-bond acceptors (Lipinski definition) is 5. The maximum Gasteiger partial charge on any atom is 0.253 e. The molecule has 1 aromatic rings. The van der Waals surface area contributed by atoms with Crippen molar-refractivity contribution in [3.8, 4) is 6.07 Å². The molecule has 7 nitrogen and oxygen atoms in total. The van der Waals surface area contributed by atoms with Crippen LogP contribution in [-0.2, 0) is 14.8 Å². The van der Waals surface area contributed by atoms with E-state index in [4.69, 9.17) is 10.00 Å². The molecule has 0 aliphatic carbocycles. The van der Waals surface area contributed by atoms with Crippen molar-refractivity contribution in [3.05, 3.63) is 35.4 Å². The highest BCUT2D eigenvalue weighted by molar-refractivity contribution is 7.89. The third kappa shape index (κ3) is 3.84. The Balaban J connectivity index is 1.71. The summed E-state index contributed by atoms with van der Waals surface area (Å²) in [6, 6.07) is 8.43. The van der Waals surface area contributed by atoms with Crippen LogP contribution in [0.3, 0.4) is 0 Å². The molecule has 0 spiro atoms. The number of amides is 1. The lowest BCUT2D eigenvalue weighted by Gasteiger charge is -2.36. The van der Waals surface area contributed by atoms with E-state index in [2.05, 4.69) is 0 Å². The minimum atomic E-state index is -3.43. The molecule has 8 heteroatoms. The molecule has 0 bridgehead atoms. The minimum Gasteiger partial charge on any atom is -0.379 e. The average Bonchev–Trinajstić information content (AvgIpc) is 2.68. The van der Waals surface area contributed by atoms with E-state index in [1.54, 1.807) is 29.2 Å².